The third-order valence-electron chi connectivity index (χ3n) is 1.84. The van der Waals surface area contributed by atoms with Crippen molar-refractivity contribution in [3.63, 3.8) is 0 Å². The summed E-state index contributed by atoms with van der Waals surface area (Å²) in [4.78, 5) is 14.9. The van der Waals surface area contributed by atoms with Gasteiger partial charge in [0.1, 0.15) is 0 Å². The quantitative estimate of drug-likeness (QED) is 0.722. The SMILES string of the molecule is NP(O)O.c1ccc(Pc2ccccc2)cc1. The van der Waals surface area contributed by atoms with E-state index in [1.807, 2.05) is 0 Å². The van der Waals surface area contributed by atoms with Crippen molar-refractivity contribution in [1.82, 2.24) is 0 Å². The summed E-state index contributed by atoms with van der Waals surface area (Å²) in [5, 5.41) is 2.79. The highest BCUT2D eigenvalue weighted by atomic mass is 31.2. The maximum atomic E-state index is 7.45. The molecule has 90 valence electrons. The van der Waals surface area contributed by atoms with Crippen molar-refractivity contribution in [1.29, 1.82) is 0 Å². The minimum Gasteiger partial charge on any atom is -0.338 e. The van der Waals surface area contributed by atoms with Gasteiger partial charge in [-0.3, -0.25) is 5.50 Å². The second-order valence-corrected chi connectivity index (χ2v) is 5.22. The fourth-order valence-corrected chi connectivity index (χ4v) is 2.26. The Kier molecular flexibility index (Phi) is 6.95. The zero-order valence-electron chi connectivity index (χ0n) is 9.19. The standard InChI is InChI=1S/C12H11P.H4NO2P/c1-3-7-11(8-4-1)13-12-9-5-2-6-10-12;1-4(2)3/h1-10,13H;2-3H,1H2. The Morgan fingerprint density at radius 3 is 1.35 bits per heavy atom. The molecule has 0 fully saturated rings. The van der Waals surface area contributed by atoms with E-state index < -0.39 is 8.53 Å². The van der Waals surface area contributed by atoms with Crippen LogP contribution in [0.2, 0.25) is 0 Å². The van der Waals surface area contributed by atoms with Crippen LogP contribution in [0.3, 0.4) is 0 Å². The Balaban J connectivity index is 0.000000317. The maximum Gasteiger partial charge on any atom is 0.247 e. The van der Waals surface area contributed by atoms with Gasteiger partial charge in [-0.2, -0.15) is 0 Å². The second-order valence-electron chi connectivity index (χ2n) is 3.18. The van der Waals surface area contributed by atoms with Crippen LogP contribution in [0.5, 0.6) is 0 Å². The van der Waals surface area contributed by atoms with Crippen molar-refractivity contribution >= 4 is 27.7 Å². The lowest BCUT2D eigenvalue weighted by Gasteiger charge is -2.00. The highest BCUT2D eigenvalue weighted by Crippen LogP contribution is 2.08. The summed E-state index contributed by atoms with van der Waals surface area (Å²) in [5.74, 6) is 0. The van der Waals surface area contributed by atoms with Gasteiger partial charge in [0.15, 0.2) is 0 Å². The van der Waals surface area contributed by atoms with E-state index in [0.29, 0.717) is 0 Å². The smallest absolute Gasteiger partial charge is 0.247 e. The monoisotopic (exact) mass is 267 g/mol. The van der Waals surface area contributed by atoms with Gasteiger partial charge in [-0.05, 0) is 10.6 Å². The third kappa shape index (κ3) is 7.17. The van der Waals surface area contributed by atoms with Crippen LogP contribution in [0, 0.1) is 0 Å². The largest absolute Gasteiger partial charge is 0.338 e. The first-order valence-corrected chi connectivity index (χ1v) is 7.30. The minimum atomic E-state index is -2.12. The molecule has 0 atom stereocenters. The molecule has 0 spiro atoms. The molecule has 0 heterocycles. The van der Waals surface area contributed by atoms with Crippen molar-refractivity contribution < 1.29 is 9.79 Å². The van der Waals surface area contributed by atoms with Crippen LogP contribution in [-0.4, -0.2) is 9.79 Å². The van der Waals surface area contributed by atoms with Gasteiger partial charge in [0, 0.05) is 0 Å². The van der Waals surface area contributed by atoms with E-state index in [-0.39, 0.29) is 0 Å². The van der Waals surface area contributed by atoms with Crippen LogP contribution in [0.1, 0.15) is 0 Å². The highest BCUT2D eigenvalue weighted by Gasteiger charge is 1.92. The first-order chi connectivity index (χ1) is 8.18. The van der Waals surface area contributed by atoms with Gasteiger partial charge >= 0.3 is 0 Å². The summed E-state index contributed by atoms with van der Waals surface area (Å²) < 4.78 is 0. The Morgan fingerprint density at radius 1 is 0.765 bits per heavy atom. The molecule has 0 amide bonds. The van der Waals surface area contributed by atoms with Gasteiger partial charge in [-0.25, -0.2) is 0 Å². The molecule has 5 heteroatoms. The van der Waals surface area contributed by atoms with Gasteiger partial charge in [0.2, 0.25) is 8.53 Å². The molecule has 2 rings (SSSR count). The molecule has 0 aliphatic heterocycles. The van der Waals surface area contributed by atoms with Crippen molar-refractivity contribution in [3.05, 3.63) is 60.7 Å². The molecule has 0 bridgehead atoms. The molecule has 0 aliphatic rings. The van der Waals surface area contributed by atoms with Gasteiger partial charge in [0.05, 0.1) is 0 Å². The van der Waals surface area contributed by atoms with Gasteiger partial charge in [-0.1, -0.05) is 69.2 Å². The first-order valence-electron chi connectivity index (χ1n) is 4.98. The summed E-state index contributed by atoms with van der Waals surface area (Å²) in [6, 6.07) is 21.2. The summed E-state index contributed by atoms with van der Waals surface area (Å²) >= 11 is 0. The maximum absolute atomic E-state index is 7.45. The molecule has 0 unspecified atom stereocenters. The van der Waals surface area contributed by atoms with E-state index in [1.54, 1.807) is 0 Å². The van der Waals surface area contributed by atoms with Crippen molar-refractivity contribution in [2.75, 3.05) is 0 Å². The Labute approximate surface area is 104 Å². The zero-order valence-corrected chi connectivity index (χ0v) is 11.1. The first kappa shape index (κ1) is 14.2. The Bertz CT molecular complexity index is 369. The molecule has 2 aromatic rings. The molecule has 0 saturated heterocycles. The summed E-state index contributed by atoms with van der Waals surface area (Å²) in [5.41, 5.74) is 4.29. The number of nitrogens with two attached hydrogens (primary N) is 1. The van der Waals surface area contributed by atoms with Crippen molar-refractivity contribution in [2.45, 2.75) is 0 Å². The van der Waals surface area contributed by atoms with E-state index in [4.69, 9.17) is 9.79 Å². The van der Waals surface area contributed by atoms with Gasteiger partial charge in [0.25, 0.3) is 0 Å². The number of hydrogen-bond acceptors (Lipinski definition) is 3. The number of rotatable bonds is 2. The van der Waals surface area contributed by atoms with Crippen LogP contribution in [0.15, 0.2) is 60.7 Å². The lowest BCUT2D eigenvalue weighted by molar-refractivity contribution is 0.485. The summed E-state index contributed by atoms with van der Waals surface area (Å²) in [6.07, 6.45) is 0. The Morgan fingerprint density at radius 2 is 1.06 bits per heavy atom. The van der Waals surface area contributed by atoms with Crippen LogP contribution >= 0.6 is 17.1 Å². The van der Waals surface area contributed by atoms with E-state index in [9.17, 15) is 0 Å². The molecule has 0 aromatic heterocycles. The predicted molar refractivity (Wildman–Crippen MR) is 76.0 cm³/mol. The fraction of sp³-hybridized carbons (Fsp3) is 0. The van der Waals surface area contributed by atoms with Crippen LogP contribution in [0.25, 0.3) is 0 Å². The molecule has 0 saturated carbocycles. The van der Waals surface area contributed by atoms with E-state index >= 15 is 0 Å². The zero-order chi connectivity index (χ0) is 12.5. The molecular formula is C12H15NO2P2. The topological polar surface area (TPSA) is 66.5 Å². The van der Waals surface area contributed by atoms with E-state index in [0.717, 1.165) is 8.58 Å². The fourth-order valence-electron chi connectivity index (χ4n) is 1.21. The van der Waals surface area contributed by atoms with Gasteiger partial charge in [-0.15, -0.1) is 0 Å². The van der Waals surface area contributed by atoms with Crippen molar-refractivity contribution in [3.8, 4) is 0 Å². The van der Waals surface area contributed by atoms with E-state index in [2.05, 4.69) is 66.2 Å². The van der Waals surface area contributed by atoms with Gasteiger partial charge < -0.3 is 9.79 Å². The van der Waals surface area contributed by atoms with Crippen molar-refractivity contribution in [2.24, 2.45) is 5.50 Å². The lowest BCUT2D eigenvalue weighted by atomic mass is 10.4. The Hall–Kier alpha value is -0.820. The highest BCUT2D eigenvalue weighted by molar-refractivity contribution is 7.55. The average Bonchev–Trinajstić information content (AvgIpc) is 2.31. The molecule has 4 N–H and O–H groups in total. The minimum absolute atomic E-state index is 0.777. The second kappa shape index (κ2) is 8.30. The molecule has 0 aliphatic carbocycles. The molecule has 3 nitrogen and oxygen atoms in total. The molecular weight excluding hydrogens is 252 g/mol. The summed E-state index contributed by atoms with van der Waals surface area (Å²) in [7, 11) is -1.34. The molecule has 0 radical (unpaired) electrons. The number of benzene rings is 2. The van der Waals surface area contributed by atoms with Crippen LogP contribution < -0.4 is 16.1 Å². The van der Waals surface area contributed by atoms with Crippen LogP contribution in [-0.2, 0) is 0 Å². The predicted octanol–water partition coefficient (Wildman–Crippen LogP) is 1.47. The molecule has 17 heavy (non-hydrogen) atoms. The molecule has 2 aromatic carbocycles. The van der Waals surface area contributed by atoms with Crippen LogP contribution in [0.4, 0.5) is 0 Å². The normalized spacial score (nSPS) is 9.65. The average molecular weight is 267 g/mol. The number of hydrogen-bond donors (Lipinski definition) is 3. The lowest BCUT2D eigenvalue weighted by Crippen LogP contribution is -2.01. The summed E-state index contributed by atoms with van der Waals surface area (Å²) in [6.45, 7) is 0. The van der Waals surface area contributed by atoms with E-state index in [1.165, 1.54) is 10.6 Å². The third-order valence-corrected chi connectivity index (χ3v) is 3.08.